The van der Waals surface area contributed by atoms with E-state index in [1.165, 1.54) is 0 Å². The van der Waals surface area contributed by atoms with Gasteiger partial charge in [0, 0.05) is 6.04 Å². The Balaban J connectivity index is 2.33. The van der Waals surface area contributed by atoms with Crippen molar-refractivity contribution in [2.45, 2.75) is 26.8 Å². The standard InChI is InChI=1S/C16H23NO3/c1-5-17-13-9-20-8-12(13)16(18)15-11(3)6-10(2)7-14(15)19-4/h6-7,12-13,17H,5,8-9H2,1-4H3. The maximum atomic E-state index is 12.8. The summed E-state index contributed by atoms with van der Waals surface area (Å²) in [4.78, 5) is 12.8. The zero-order chi connectivity index (χ0) is 14.7. The average Bonchev–Trinajstić information content (AvgIpc) is 2.85. The molecule has 0 amide bonds. The molecule has 4 heteroatoms. The molecule has 1 aromatic rings. The van der Waals surface area contributed by atoms with E-state index in [1.54, 1.807) is 7.11 Å². The van der Waals surface area contributed by atoms with E-state index in [0.717, 1.165) is 17.7 Å². The quantitative estimate of drug-likeness (QED) is 0.838. The van der Waals surface area contributed by atoms with Crippen molar-refractivity contribution in [2.75, 3.05) is 26.9 Å². The minimum atomic E-state index is -0.134. The summed E-state index contributed by atoms with van der Waals surface area (Å²) in [6, 6.07) is 4.03. The summed E-state index contributed by atoms with van der Waals surface area (Å²) in [5.41, 5.74) is 2.76. The van der Waals surface area contributed by atoms with E-state index in [1.807, 2.05) is 32.9 Å². The number of carbonyl (C=O) groups excluding carboxylic acids is 1. The van der Waals surface area contributed by atoms with Crippen molar-refractivity contribution in [2.24, 2.45) is 5.92 Å². The lowest BCUT2D eigenvalue weighted by Crippen LogP contribution is -2.39. The van der Waals surface area contributed by atoms with Crippen molar-refractivity contribution in [3.05, 3.63) is 28.8 Å². The Morgan fingerprint density at radius 2 is 2.15 bits per heavy atom. The molecule has 110 valence electrons. The molecule has 1 aliphatic rings. The van der Waals surface area contributed by atoms with Crippen molar-refractivity contribution >= 4 is 5.78 Å². The van der Waals surface area contributed by atoms with E-state index in [0.29, 0.717) is 24.5 Å². The summed E-state index contributed by atoms with van der Waals surface area (Å²) in [6.07, 6.45) is 0. The van der Waals surface area contributed by atoms with Gasteiger partial charge in [-0.05, 0) is 37.6 Å². The molecule has 0 spiro atoms. The van der Waals surface area contributed by atoms with E-state index in [2.05, 4.69) is 5.32 Å². The van der Waals surface area contributed by atoms with Gasteiger partial charge in [-0.3, -0.25) is 4.79 Å². The van der Waals surface area contributed by atoms with Gasteiger partial charge >= 0.3 is 0 Å². The van der Waals surface area contributed by atoms with Crippen LogP contribution in [0, 0.1) is 19.8 Å². The number of ether oxygens (including phenoxy) is 2. The Hall–Kier alpha value is -1.39. The highest BCUT2D eigenvalue weighted by molar-refractivity contribution is 6.02. The van der Waals surface area contributed by atoms with Crippen LogP contribution in [0.4, 0.5) is 0 Å². The van der Waals surface area contributed by atoms with Crippen LogP contribution in [0.25, 0.3) is 0 Å². The Morgan fingerprint density at radius 3 is 2.80 bits per heavy atom. The molecule has 1 heterocycles. The third-order valence-corrected chi connectivity index (χ3v) is 3.79. The summed E-state index contributed by atoms with van der Waals surface area (Å²) in [5.74, 6) is 0.641. The molecular weight excluding hydrogens is 254 g/mol. The highest BCUT2D eigenvalue weighted by Crippen LogP contribution is 2.29. The van der Waals surface area contributed by atoms with E-state index < -0.39 is 0 Å². The molecule has 0 aromatic heterocycles. The first-order valence-electron chi connectivity index (χ1n) is 7.09. The molecule has 2 atom stereocenters. The SMILES string of the molecule is CCNC1COCC1C(=O)c1c(C)cc(C)cc1OC. The minimum Gasteiger partial charge on any atom is -0.496 e. The number of ketones is 1. The summed E-state index contributed by atoms with van der Waals surface area (Å²) in [6.45, 7) is 7.91. The van der Waals surface area contributed by atoms with Gasteiger partial charge in [0.05, 0.1) is 31.8 Å². The van der Waals surface area contributed by atoms with Crippen LogP contribution in [-0.2, 0) is 4.74 Å². The van der Waals surface area contributed by atoms with E-state index in [4.69, 9.17) is 9.47 Å². The second-order valence-electron chi connectivity index (χ2n) is 5.33. The molecular formula is C16H23NO3. The third kappa shape index (κ3) is 2.86. The number of benzene rings is 1. The van der Waals surface area contributed by atoms with E-state index >= 15 is 0 Å². The highest BCUT2D eigenvalue weighted by Gasteiger charge is 2.35. The Kier molecular flexibility index (Phi) is 4.78. The largest absolute Gasteiger partial charge is 0.496 e. The maximum Gasteiger partial charge on any atom is 0.173 e. The molecule has 1 fully saturated rings. The van der Waals surface area contributed by atoms with Crippen LogP contribution in [0.5, 0.6) is 5.75 Å². The van der Waals surface area contributed by atoms with Crippen LogP contribution in [0.1, 0.15) is 28.4 Å². The first kappa shape index (κ1) is 15.0. The lowest BCUT2D eigenvalue weighted by Gasteiger charge is -2.20. The van der Waals surface area contributed by atoms with Crippen LogP contribution in [-0.4, -0.2) is 38.7 Å². The monoisotopic (exact) mass is 277 g/mol. The molecule has 1 aromatic carbocycles. The first-order valence-corrected chi connectivity index (χ1v) is 7.09. The number of hydrogen-bond donors (Lipinski definition) is 1. The molecule has 1 N–H and O–H groups in total. The number of Topliss-reactive ketones (excluding diaryl/α,β-unsaturated/α-hetero) is 1. The normalized spacial score (nSPS) is 22.0. The van der Waals surface area contributed by atoms with Crippen LogP contribution in [0.3, 0.4) is 0 Å². The Labute approximate surface area is 120 Å². The third-order valence-electron chi connectivity index (χ3n) is 3.79. The van der Waals surface area contributed by atoms with Gasteiger partial charge in [0.25, 0.3) is 0 Å². The van der Waals surface area contributed by atoms with Crippen molar-refractivity contribution in [1.82, 2.24) is 5.32 Å². The van der Waals surface area contributed by atoms with Gasteiger partial charge in [0.15, 0.2) is 5.78 Å². The van der Waals surface area contributed by atoms with Gasteiger partial charge in [0.1, 0.15) is 5.75 Å². The van der Waals surface area contributed by atoms with Crippen LogP contribution < -0.4 is 10.1 Å². The van der Waals surface area contributed by atoms with Gasteiger partial charge in [-0.25, -0.2) is 0 Å². The van der Waals surface area contributed by atoms with Crippen LogP contribution >= 0.6 is 0 Å². The van der Waals surface area contributed by atoms with Gasteiger partial charge < -0.3 is 14.8 Å². The molecule has 20 heavy (non-hydrogen) atoms. The smallest absolute Gasteiger partial charge is 0.173 e. The fourth-order valence-corrected chi connectivity index (χ4v) is 2.87. The van der Waals surface area contributed by atoms with Crippen molar-refractivity contribution in [3.63, 3.8) is 0 Å². The predicted octanol–water partition coefficient (Wildman–Crippen LogP) is 2.12. The average molecular weight is 277 g/mol. The van der Waals surface area contributed by atoms with E-state index in [-0.39, 0.29) is 17.7 Å². The fourth-order valence-electron chi connectivity index (χ4n) is 2.87. The first-order chi connectivity index (χ1) is 9.58. The van der Waals surface area contributed by atoms with Crippen molar-refractivity contribution in [3.8, 4) is 5.75 Å². The molecule has 0 saturated carbocycles. The minimum absolute atomic E-state index is 0.0953. The lowest BCUT2D eigenvalue weighted by atomic mass is 9.89. The second kappa shape index (κ2) is 6.37. The van der Waals surface area contributed by atoms with Crippen LogP contribution in [0.2, 0.25) is 0 Å². The van der Waals surface area contributed by atoms with Gasteiger partial charge in [-0.15, -0.1) is 0 Å². The topological polar surface area (TPSA) is 47.6 Å². The summed E-state index contributed by atoms with van der Waals surface area (Å²) < 4.78 is 10.9. The number of methoxy groups -OCH3 is 1. The molecule has 2 rings (SSSR count). The Morgan fingerprint density at radius 1 is 1.40 bits per heavy atom. The summed E-state index contributed by atoms with van der Waals surface area (Å²) in [7, 11) is 1.61. The molecule has 0 aliphatic carbocycles. The molecule has 2 unspecified atom stereocenters. The number of nitrogens with one attached hydrogen (secondary N) is 1. The number of aryl methyl sites for hydroxylation is 2. The molecule has 1 saturated heterocycles. The molecule has 1 aliphatic heterocycles. The maximum absolute atomic E-state index is 12.8. The summed E-state index contributed by atoms with van der Waals surface area (Å²) in [5, 5.41) is 3.33. The predicted molar refractivity (Wildman–Crippen MR) is 78.6 cm³/mol. The van der Waals surface area contributed by atoms with Gasteiger partial charge in [-0.2, -0.15) is 0 Å². The number of hydrogen-bond acceptors (Lipinski definition) is 4. The second-order valence-corrected chi connectivity index (χ2v) is 5.33. The Bertz CT molecular complexity index is 499. The number of likely N-dealkylation sites (N-methyl/N-ethyl adjacent to an activating group) is 1. The van der Waals surface area contributed by atoms with Crippen molar-refractivity contribution < 1.29 is 14.3 Å². The van der Waals surface area contributed by atoms with Gasteiger partial charge in [0.2, 0.25) is 0 Å². The summed E-state index contributed by atoms with van der Waals surface area (Å²) >= 11 is 0. The van der Waals surface area contributed by atoms with Crippen LogP contribution in [0.15, 0.2) is 12.1 Å². The molecule has 0 radical (unpaired) electrons. The highest BCUT2D eigenvalue weighted by atomic mass is 16.5. The lowest BCUT2D eigenvalue weighted by molar-refractivity contribution is 0.0888. The number of rotatable bonds is 5. The van der Waals surface area contributed by atoms with Gasteiger partial charge in [-0.1, -0.05) is 13.0 Å². The fraction of sp³-hybridized carbons (Fsp3) is 0.562. The van der Waals surface area contributed by atoms with E-state index in [9.17, 15) is 4.79 Å². The molecule has 4 nitrogen and oxygen atoms in total. The zero-order valence-electron chi connectivity index (χ0n) is 12.7. The molecule has 0 bridgehead atoms. The zero-order valence-corrected chi connectivity index (χ0v) is 12.7. The number of carbonyl (C=O) groups is 1. The van der Waals surface area contributed by atoms with Crippen molar-refractivity contribution in [1.29, 1.82) is 0 Å².